The molecule has 11 N–H and O–H groups in total. The number of likely N-dealkylation sites (N-methyl/N-ethyl adjacent to an activating group) is 1. The molecule has 37 heavy (non-hydrogen) atoms. The van der Waals surface area contributed by atoms with Gasteiger partial charge in [0.05, 0.1) is 0 Å². The first kappa shape index (κ1) is 28.4. The van der Waals surface area contributed by atoms with E-state index in [0.29, 0.717) is 24.1 Å². The van der Waals surface area contributed by atoms with Gasteiger partial charge in [0.15, 0.2) is 29.0 Å². The number of benzene rings is 2. The molecule has 2 rings (SSSR count). The lowest BCUT2D eigenvalue weighted by Gasteiger charge is -2.30. The van der Waals surface area contributed by atoms with E-state index in [1.54, 1.807) is 36.2 Å². The van der Waals surface area contributed by atoms with Crippen LogP contribution in [0.15, 0.2) is 51.5 Å². The van der Waals surface area contributed by atoms with Crippen LogP contribution in [-0.2, 0) is 12.8 Å². The lowest BCUT2D eigenvalue weighted by molar-refractivity contribution is 0.377. The van der Waals surface area contributed by atoms with Crippen molar-refractivity contribution >= 4 is 23.8 Å². The lowest BCUT2D eigenvalue weighted by Crippen LogP contribution is -2.49. The molecule has 200 valence electrons. The van der Waals surface area contributed by atoms with E-state index in [0.717, 1.165) is 0 Å². The molecule has 0 unspecified atom stereocenters. The minimum absolute atomic E-state index is 0.0907. The number of hydrogen-bond donors (Lipinski definition) is 8. The first-order chi connectivity index (χ1) is 17.5. The second kappa shape index (κ2) is 12.7. The maximum atomic E-state index is 10.2. The highest BCUT2D eigenvalue weighted by atomic mass is 16.3. The van der Waals surface area contributed by atoms with Gasteiger partial charge in [-0.15, -0.1) is 5.10 Å². The summed E-state index contributed by atoms with van der Waals surface area (Å²) in [4.78, 5) is 10.8. The van der Waals surface area contributed by atoms with E-state index in [1.807, 2.05) is 0 Å². The molecular weight excluding hydrogens is 480 g/mol. The average Bonchev–Trinajstić information content (AvgIpc) is 2.86. The van der Waals surface area contributed by atoms with Crippen LogP contribution in [0.25, 0.3) is 0 Å². The molecule has 0 aliphatic carbocycles. The zero-order valence-electron chi connectivity index (χ0n) is 21.0. The predicted octanol–water partition coefficient (Wildman–Crippen LogP) is -0.117. The van der Waals surface area contributed by atoms with Gasteiger partial charge < -0.3 is 42.5 Å². The molecule has 14 nitrogen and oxygen atoms in total. The van der Waals surface area contributed by atoms with Crippen molar-refractivity contribution in [3.63, 3.8) is 0 Å². The topological polar surface area (TPSA) is 230 Å². The molecule has 0 aromatic heterocycles. The van der Waals surface area contributed by atoms with Gasteiger partial charge in [0.1, 0.15) is 0 Å². The summed E-state index contributed by atoms with van der Waals surface area (Å²) < 4.78 is 0. The normalized spacial score (nSPS) is 12.4. The number of nitrogens with two attached hydrogens (primary N) is 3. The van der Waals surface area contributed by atoms with Gasteiger partial charge in [0.2, 0.25) is 17.9 Å². The molecule has 0 fully saturated rings. The summed E-state index contributed by atoms with van der Waals surface area (Å²) in [6.45, 7) is 0.407. The van der Waals surface area contributed by atoms with Gasteiger partial charge in [-0.25, -0.2) is 5.01 Å². The highest BCUT2D eigenvalue weighted by Crippen LogP contribution is 2.29. The molecule has 0 amide bonds. The Kier molecular flexibility index (Phi) is 9.75. The maximum Gasteiger partial charge on any atom is 0.225 e. The zero-order valence-corrected chi connectivity index (χ0v) is 21.0. The van der Waals surface area contributed by atoms with Crippen LogP contribution >= 0.6 is 0 Å². The first-order valence-electron chi connectivity index (χ1n) is 11.2. The molecule has 0 spiro atoms. The van der Waals surface area contributed by atoms with E-state index >= 15 is 0 Å². The molecular formula is C23H34N10O4. The van der Waals surface area contributed by atoms with Gasteiger partial charge in [-0.3, -0.25) is 15.3 Å². The standard InChI is InChI=1S/C23H34N10O4/c1-28-21(26)29-22(27)33(13-11-15-7-5-9-17(35)19(15)37)30-23(32(3)20(24)25)31(2)12-10-14-6-4-8-16(34)18(14)36/h4-9,34-37H,10-13H2,1-3H3,(H3,24,25)(H4,26,27,28,29). The van der Waals surface area contributed by atoms with Crippen LogP contribution in [0.3, 0.4) is 0 Å². The second-order valence-electron chi connectivity index (χ2n) is 8.01. The molecule has 14 heteroatoms. The molecule has 0 aliphatic rings. The Balaban J connectivity index is 2.42. The summed E-state index contributed by atoms with van der Waals surface area (Å²) in [5, 5.41) is 53.7. The maximum absolute atomic E-state index is 10.2. The number of hydrogen-bond acceptors (Lipinski definition) is 7. The van der Waals surface area contributed by atoms with Crippen LogP contribution in [0.2, 0.25) is 0 Å². The minimum Gasteiger partial charge on any atom is -0.504 e. The van der Waals surface area contributed by atoms with Crippen molar-refractivity contribution in [1.82, 2.24) is 14.8 Å². The van der Waals surface area contributed by atoms with Gasteiger partial charge in [-0.05, 0) is 36.1 Å². The highest BCUT2D eigenvalue weighted by molar-refractivity contribution is 5.97. The number of nitrogens with zero attached hydrogens (tertiary/aromatic N) is 6. The first-order valence-corrected chi connectivity index (χ1v) is 11.2. The Labute approximate surface area is 214 Å². The molecule has 0 heterocycles. The van der Waals surface area contributed by atoms with Crippen molar-refractivity contribution < 1.29 is 20.4 Å². The van der Waals surface area contributed by atoms with Crippen LogP contribution in [0.4, 0.5) is 0 Å². The number of phenols is 4. The fourth-order valence-corrected chi connectivity index (χ4v) is 3.23. The van der Waals surface area contributed by atoms with E-state index in [9.17, 15) is 20.4 Å². The number of para-hydroxylation sites is 2. The smallest absolute Gasteiger partial charge is 0.225 e. The second-order valence-corrected chi connectivity index (χ2v) is 8.01. The van der Waals surface area contributed by atoms with Crippen molar-refractivity contribution in [2.24, 2.45) is 32.3 Å². The van der Waals surface area contributed by atoms with E-state index in [4.69, 9.17) is 22.6 Å². The molecule has 0 saturated carbocycles. The van der Waals surface area contributed by atoms with Crippen molar-refractivity contribution in [2.45, 2.75) is 12.8 Å². The monoisotopic (exact) mass is 514 g/mol. The third-order valence-corrected chi connectivity index (χ3v) is 5.44. The van der Waals surface area contributed by atoms with Crippen molar-refractivity contribution in [1.29, 1.82) is 5.41 Å². The summed E-state index contributed by atoms with van der Waals surface area (Å²) in [5.74, 6) is -1.27. The van der Waals surface area contributed by atoms with Gasteiger partial charge in [-0.2, -0.15) is 4.99 Å². The molecule has 0 aliphatic heterocycles. The van der Waals surface area contributed by atoms with Crippen molar-refractivity contribution in [3.8, 4) is 23.0 Å². The van der Waals surface area contributed by atoms with Crippen LogP contribution in [-0.4, -0.2) is 93.3 Å². The summed E-state index contributed by atoms with van der Waals surface area (Å²) in [7, 11) is 4.69. The van der Waals surface area contributed by atoms with Crippen molar-refractivity contribution in [2.75, 3.05) is 34.2 Å². The van der Waals surface area contributed by atoms with Crippen LogP contribution in [0, 0.1) is 5.41 Å². The fraction of sp³-hybridized carbons (Fsp3) is 0.304. The number of phenolic OH excluding ortho intramolecular Hbond substituents is 4. The minimum atomic E-state index is -0.304. The highest BCUT2D eigenvalue weighted by Gasteiger charge is 2.20. The predicted molar refractivity (Wildman–Crippen MR) is 143 cm³/mol. The van der Waals surface area contributed by atoms with E-state index in [1.165, 1.54) is 36.1 Å². The van der Waals surface area contributed by atoms with Gasteiger partial charge in [0, 0.05) is 34.2 Å². The Morgan fingerprint density at radius 3 is 1.86 bits per heavy atom. The van der Waals surface area contributed by atoms with E-state index in [-0.39, 0.29) is 59.8 Å². The summed E-state index contributed by atoms with van der Waals surface area (Å²) in [6, 6.07) is 9.28. The Morgan fingerprint density at radius 1 is 0.865 bits per heavy atom. The molecule has 0 bridgehead atoms. The third-order valence-electron chi connectivity index (χ3n) is 5.44. The molecule has 0 radical (unpaired) electrons. The van der Waals surface area contributed by atoms with E-state index < -0.39 is 0 Å². The Bertz CT molecular complexity index is 1200. The average molecular weight is 515 g/mol. The number of aliphatic imine (C=N–C) groups is 2. The number of hydrazone groups is 1. The van der Waals surface area contributed by atoms with Crippen LogP contribution in [0.5, 0.6) is 23.0 Å². The van der Waals surface area contributed by atoms with Crippen LogP contribution in [0.1, 0.15) is 11.1 Å². The van der Waals surface area contributed by atoms with E-state index in [2.05, 4.69) is 15.1 Å². The number of guanidine groups is 4. The number of nitrogens with one attached hydrogen (secondary N) is 1. The van der Waals surface area contributed by atoms with Gasteiger partial charge in [-0.1, -0.05) is 24.3 Å². The van der Waals surface area contributed by atoms with Crippen LogP contribution < -0.4 is 17.2 Å². The molecule has 0 atom stereocenters. The SMILES string of the molecule is CN=C(N)N=C(N)N(CCc1cccc(O)c1O)N=C(N(C)CCc1cccc(O)c1O)N(C)C(=N)N. The van der Waals surface area contributed by atoms with Gasteiger partial charge in [0.25, 0.3) is 0 Å². The summed E-state index contributed by atoms with van der Waals surface area (Å²) in [6.07, 6.45) is 0.540. The zero-order chi connectivity index (χ0) is 27.7. The quantitative estimate of drug-likeness (QED) is 0.106. The molecule has 2 aromatic rings. The lowest BCUT2D eigenvalue weighted by atomic mass is 10.1. The third kappa shape index (κ3) is 7.55. The Hall–Kier alpha value is -4.88. The van der Waals surface area contributed by atoms with Gasteiger partial charge >= 0.3 is 0 Å². The fourth-order valence-electron chi connectivity index (χ4n) is 3.23. The number of aromatic hydroxyl groups is 4. The molecule has 2 aromatic carbocycles. The number of rotatable bonds is 7. The molecule has 0 saturated heterocycles. The Morgan fingerprint density at radius 2 is 1.38 bits per heavy atom. The summed E-state index contributed by atoms with van der Waals surface area (Å²) in [5.41, 5.74) is 18.6. The summed E-state index contributed by atoms with van der Waals surface area (Å²) >= 11 is 0. The largest absolute Gasteiger partial charge is 0.504 e. The van der Waals surface area contributed by atoms with Crippen molar-refractivity contribution in [3.05, 3.63) is 47.5 Å².